The van der Waals surface area contributed by atoms with Crippen LogP contribution in [-0.4, -0.2) is 22.1 Å². The number of allylic oxidation sites excluding steroid dienone is 3. The fourth-order valence-corrected chi connectivity index (χ4v) is 3.56. The average Bonchev–Trinajstić information content (AvgIpc) is 2.87. The van der Waals surface area contributed by atoms with E-state index in [1.54, 1.807) is 0 Å². The van der Waals surface area contributed by atoms with Gasteiger partial charge in [-0.2, -0.15) is 0 Å². The van der Waals surface area contributed by atoms with Crippen LogP contribution in [-0.2, 0) is 4.79 Å². The predicted molar refractivity (Wildman–Crippen MR) is 77.7 cm³/mol. The Labute approximate surface area is 122 Å². The summed E-state index contributed by atoms with van der Waals surface area (Å²) in [6.45, 7) is 0. The average molecular weight is 286 g/mol. The molecule has 0 bridgehead atoms. The van der Waals surface area contributed by atoms with E-state index in [4.69, 9.17) is 4.63 Å². The van der Waals surface area contributed by atoms with Gasteiger partial charge in [0, 0.05) is 17.7 Å². The van der Waals surface area contributed by atoms with Crippen molar-refractivity contribution in [1.29, 1.82) is 0 Å². The second-order valence-corrected chi connectivity index (χ2v) is 5.92. The largest absolute Gasteiger partial charge is 0.357 e. The molecule has 2 N–H and O–H groups in total. The molecule has 0 amide bonds. The van der Waals surface area contributed by atoms with Crippen LogP contribution < -0.4 is 10.6 Å². The Balaban J connectivity index is 1.77. The van der Waals surface area contributed by atoms with Crippen LogP contribution >= 0.6 is 0 Å². The molecule has 110 valence electrons. The summed E-state index contributed by atoms with van der Waals surface area (Å²) in [6.07, 6.45) is 9.97. The van der Waals surface area contributed by atoms with Gasteiger partial charge < -0.3 is 10.6 Å². The molecule has 2 atom stereocenters. The Morgan fingerprint density at radius 1 is 1.19 bits per heavy atom. The molecule has 4 rings (SSSR count). The van der Waals surface area contributed by atoms with E-state index in [-0.39, 0.29) is 11.8 Å². The quantitative estimate of drug-likeness (QED) is 0.773. The molecule has 0 spiro atoms. The molecule has 0 fully saturated rings. The van der Waals surface area contributed by atoms with E-state index in [1.165, 1.54) is 0 Å². The van der Waals surface area contributed by atoms with Crippen molar-refractivity contribution in [3.05, 3.63) is 23.4 Å². The van der Waals surface area contributed by atoms with Crippen LogP contribution in [0.2, 0.25) is 0 Å². The maximum atomic E-state index is 12.5. The third-order valence-electron chi connectivity index (χ3n) is 4.60. The Hall–Kier alpha value is -2.11. The van der Waals surface area contributed by atoms with Crippen LogP contribution in [0, 0.1) is 5.92 Å². The SMILES string of the molecule is O=C1CCCC2=C1C(C1CC=CCC1)Nc1nonc1N2. The van der Waals surface area contributed by atoms with Gasteiger partial charge >= 0.3 is 0 Å². The maximum Gasteiger partial charge on any atom is 0.219 e. The monoisotopic (exact) mass is 286 g/mol. The molecule has 6 nitrogen and oxygen atoms in total. The van der Waals surface area contributed by atoms with Gasteiger partial charge in [0.25, 0.3) is 0 Å². The number of Topliss-reactive ketones (excluding diaryl/α,β-unsaturated/α-hetero) is 1. The fraction of sp³-hybridized carbons (Fsp3) is 0.533. The first-order chi connectivity index (χ1) is 10.3. The Morgan fingerprint density at radius 2 is 2.10 bits per heavy atom. The minimum absolute atomic E-state index is 0.00148. The second kappa shape index (κ2) is 5.02. The number of hydrogen-bond donors (Lipinski definition) is 2. The van der Waals surface area contributed by atoms with E-state index >= 15 is 0 Å². The summed E-state index contributed by atoms with van der Waals surface area (Å²) in [4.78, 5) is 12.5. The van der Waals surface area contributed by atoms with E-state index < -0.39 is 0 Å². The Morgan fingerprint density at radius 3 is 2.95 bits per heavy atom. The highest BCUT2D eigenvalue weighted by atomic mass is 16.6. The number of anilines is 2. The Bertz CT molecular complexity index is 631. The first-order valence-electron chi connectivity index (χ1n) is 7.60. The van der Waals surface area contributed by atoms with Crippen molar-refractivity contribution in [1.82, 2.24) is 10.3 Å². The highest BCUT2D eigenvalue weighted by molar-refractivity contribution is 6.00. The van der Waals surface area contributed by atoms with E-state index in [0.29, 0.717) is 24.0 Å². The van der Waals surface area contributed by atoms with Gasteiger partial charge in [-0.3, -0.25) is 4.79 Å². The molecule has 2 aliphatic carbocycles. The van der Waals surface area contributed by atoms with Crippen molar-refractivity contribution >= 4 is 17.4 Å². The van der Waals surface area contributed by atoms with Crippen LogP contribution in [0.5, 0.6) is 0 Å². The van der Waals surface area contributed by atoms with Gasteiger partial charge in [-0.25, -0.2) is 4.63 Å². The third-order valence-corrected chi connectivity index (χ3v) is 4.60. The summed E-state index contributed by atoms with van der Waals surface area (Å²) < 4.78 is 4.82. The first kappa shape index (κ1) is 12.6. The van der Waals surface area contributed by atoms with Gasteiger partial charge in [-0.1, -0.05) is 12.2 Å². The molecule has 1 aliphatic heterocycles. The normalized spacial score (nSPS) is 28.3. The molecule has 2 unspecified atom stereocenters. The molecular formula is C15H18N4O2. The topological polar surface area (TPSA) is 80.1 Å². The van der Waals surface area contributed by atoms with Crippen molar-refractivity contribution in [3.8, 4) is 0 Å². The van der Waals surface area contributed by atoms with Gasteiger partial charge in [0.05, 0.1) is 6.04 Å². The van der Waals surface area contributed by atoms with Gasteiger partial charge in [0.15, 0.2) is 5.78 Å². The summed E-state index contributed by atoms with van der Waals surface area (Å²) in [6, 6.07) is -0.00148. The van der Waals surface area contributed by atoms with Gasteiger partial charge in [-0.05, 0) is 48.3 Å². The lowest BCUT2D eigenvalue weighted by Gasteiger charge is -2.31. The van der Waals surface area contributed by atoms with Crippen molar-refractivity contribution in [2.45, 2.75) is 44.6 Å². The summed E-state index contributed by atoms with van der Waals surface area (Å²) in [5, 5.41) is 14.5. The number of carbonyl (C=O) groups is 1. The summed E-state index contributed by atoms with van der Waals surface area (Å²) in [7, 11) is 0. The van der Waals surface area contributed by atoms with Crippen molar-refractivity contribution < 1.29 is 9.42 Å². The highest BCUT2D eigenvalue weighted by Crippen LogP contribution is 2.37. The molecule has 1 aromatic rings. The van der Waals surface area contributed by atoms with Crippen LogP contribution in [0.25, 0.3) is 0 Å². The van der Waals surface area contributed by atoms with Gasteiger partial charge in [-0.15, -0.1) is 0 Å². The van der Waals surface area contributed by atoms with Crippen LogP contribution in [0.15, 0.2) is 28.1 Å². The number of nitrogens with one attached hydrogen (secondary N) is 2. The number of aromatic nitrogens is 2. The first-order valence-corrected chi connectivity index (χ1v) is 7.60. The van der Waals surface area contributed by atoms with E-state index in [0.717, 1.165) is 43.4 Å². The smallest absolute Gasteiger partial charge is 0.219 e. The summed E-state index contributed by atoms with van der Waals surface area (Å²) >= 11 is 0. The molecule has 2 heterocycles. The molecule has 0 saturated heterocycles. The van der Waals surface area contributed by atoms with E-state index in [1.807, 2.05) is 0 Å². The number of carbonyl (C=O) groups excluding carboxylic acids is 1. The molecule has 6 heteroatoms. The number of ketones is 1. The molecule has 1 aromatic heterocycles. The Kier molecular flexibility index (Phi) is 3.02. The van der Waals surface area contributed by atoms with Crippen molar-refractivity contribution in [2.24, 2.45) is 5.92 Å². The van der Waals surface area contributed by atoms with Crippen molar-refractivity contribution in [2.75, 3.05) is 10.6 Å². The van der Waals surface area contributed by atoms with Gasteiger partial charge in [0.1, 0.15) is 0 Å². The molecular weight excluding hydrogens is 268 g/mol. The molecule has 0 saturated carbocycles. The van der Waals surface area contributed by atoms with Crippen LogP contribution in [0.4, 0.5) is 11.6 Å². The minimum Gasteiger partial charge on any atom is -0.357 e. The zero-order chi connectivity index (χ0) is 14.2. The van der Waals surface area contributed by atoms with Crippen molar-refractivity contribution in [3.63, 3.8) is 0 Å². The van der Waals surface area contributed by atoms with E-state index in [9.17, 15) is 4.79 Å². The van der Waals surface area contributed by atoms with E-state index in [2.05, 4.69) is 33.1 Å². The van der Waals surface area contributed by atoms with Gasteiger partial charge in [0.2, 0.25) is 11.6 Å². The number of nitrogens with zero attached hydrogens (tertiary/aromatic N) is 2. The second-order valence-electron chi connectivity index (χ2n) is 5.92. The predicted octanol–water partition coefficient (Wildman–Crippen LogP) is 2.64. The summed E-state index contributed by atoms with van der Waals surface area (Å²) in [5.41, 5.74) is 1.90. The molecule has 3 aliphatic rings. The molecule has 21 heavy (non-hydrogen) atoms. The summed E-state index contributed by atoms with van der Waals surface area (Å²) in [5.74, 6) is 1.85. The number of hydrogen-bond acceptors (Lipinski definition) is 6. The highest BCUT2D eigenvalue weighted by Gasteiger charge is 2.36. The minimum atomic E-state index is -0.00148. The molecule has 0 aromatic carbocycles. The fourth-order valence-electron chi connectivity index (χ4n) is 3.56. The number of fused-ring (bicyclic) bond motifs is 1. The lowest BCUT2D eigenvalue weighted by atomic mass is 9.79. The van der Waals surface area contributed by atoms with Crippen LogP contribution in [0.3, 0.4) is 0 Å². The zero-order valence-corrected chi connectivity index (χ0v) is 11.8. The lowest BCUT2D eigenvalue weighted by Crippen LogP contribution is -2.36. The zero-order valence-electron chi connectivity index (χ0n) is 11.8. The maximum absolute atomic E-state index is 12.5. The number of rotatable bonds is 1. The molecule has 0 radical (unpaired) electrons. The third kappa shape index (κ3) is 2.14. The lowest BCUT2D eigenvalue weighted by molar-refractivity contribution is -0.116. The standard InChI is InChI=1S/C15H18N4O2/c20-11-8-4-7-10-12(11)13(9-5-2-1-3-6-9)17-15-14(16-10)18-21-19-15/h1-2,9,13H,3-8H2,(H,16,18)(H,17,19). The van der Waals surface area contributed by atoms with Crippen LogP contribution in [0.1, 0.15) is 38.5 Å².